The highest BCUT2D eigenvalue weighted by atomic mass is 16.7. The van der Waals surface area contributed by atoms with Gasteiger partial charge in [-0.3, -0.25) is 9.59 Å². The first-order chi connectivity index (χ1) is 18.4. The van der Waals surface area contributed by atoms with E-state index in [1.807, 2.05) is 0 Å². The van der Waals surface area contributed by atoms with Gasteiger partial charge in [0.2, 0.25) is 0 Å². The zero-order chi connectivity index (χ0) is 27.8. The largest absolute Gasteiger partial charge is 0.353 e. The van der Waals surface area contributed by atoms with Crippen LogP contribution in [-0.2, 0) is 19.1 Å². The standard InChI is InChI=1S/C35H54O4/c1-23(21-36)24-12-17-35(22-39-29-9-7-8-20-38-29)19-18-33(5)25(30(24)35)10-11-27-32(4)15-14-28(37)31(2,3)26(32)13-16-34(27,33)6/h21,24-27,29-30H,1,7-20,22H2,2-6H3/t24-,25+,26-,27+,29?,30+,32-,33+,34+,35+/m0/s1. The molecule has 0 N–H and O–H groups in total. The lowest BCUT2D eigenvalue weighted by atomic mass is 9.32. The number of ether oxygens (including phenoxy) is 2. The molecule has 4 heteroatoms. The summed E-state index contributed by atoms with van der Waals surface area (Å²) in [5.74, 6) is 2.97. The quantitative estimate of drug-likeness (QED) is 0.263. The highest BCUT2D eigenvalue weighted by molar-refractivity contribution is 5.85. The summed E-state index contributed by atoms with van der Waals surface area (Å²) in [6.07, 6.45) is 15.7. The van der Waals surface area contributed by atoms with Crippen molar-refractivity contribution in [1.29, 1.82) is 0 Å². The number of hydrogen-bond acceptors (Lipinski definition) is 4. The molecule has 1 heterocycles. The molecule has 0 amide bonds. The Kier molecular flexibility index (Phi) is 6.86. The molecule has 1 unspecified atom stereocenters. The van der Waals surface area contributed by atoms with Crippen LogP contribution in [0.2, 0.25) is 0 Å². The molecule has 5 aliphatic carbocycles. The molecule has 1 aliphatic heterocycles. The minimum Gasteiger partial charge on any atom is -0.353 e. The number of carbonyl (C=O) groups excluding carboxylic acids is 2. The third-order valence-electron chi connectivity index (χ3n) is 14.7. The minimum atomic E-state index is -0.204. The average Bonchev–Trinajstić information content (AvgIpc) is 3.30. The number of rotatable bonds is 5. The van der Waals surface area contributed by atoms with Crippen molar-refractivity contribution < 1.29 is 19.1 Å². The van der Waals surface area contributed by atoms with Crippen molar-refractivity contribution in [3.8, 4) is 0 Å². The molecule has 1 saturated heterocycles. The van der Waals surface area contributed by atoms with Crippen LogP contribution in [0.3, 0.4) is 0 Å². The summed E-state index contributed by atoms with van der Waals surface area (Å²) in [7, 11) is 0. The predicted molar refractivity (Wildman–Crippen MR) is 154 cm³/mol. The maximum Gasteiger partial charge on any atom is 0.157 e. The molecule has 0 aromatic carbocycles. The van der Waals surface area contributed by atoms with Gasteiger partial charge in [0, 0.05) is 18.4 Å². The molecule has 6 rings (SSSR count). The average molecular weight is 539 g/mol. The van der Waals surface area contributed by atoms with E-state index in [4.69, 9.17) is 9.47 Å². The maximum absolute atomic E-state index is 13.1. The van der Waals surface area contributed by atoms with E-state index in [9.17, 15) is 9.59 Å². The van der Waals surface area contributed by atoms with Gasteiger partial charge in [0.15, 0.2) is 6.29 Å². The number of ketones is 1. The van der Waals surface area contributed by atoms with Gasteiger partial charge in [0.25, 0.3) is 0 Å². The van der Waals surface area contributed by atoms with Gasteiger partial charge in [-0.05, 0) is 134 Å². The molecule has 6 aliphatic rings. The lowest BCUT2D eigenvalue weighted by molar-refractivity contribution is -0.245. The first kappa shape index (κ1) is 28.1. The number of carbonyl (C=O) groups is 2. The molecule has 218 valence electrons. The Morgan fingerprint density at radius 1 is 0.923 bits per heavy atom. The predicted octanol–water partition coefficient (Wildman–Crippen LogP) is 7.94. The molecule has 5 saturated carbocycles. The normalized spacial score (nSPS) is 50.7. The molecular weight excluding hydrogens is 484 g/mol. The van der Waals surface area contributed by atoms with Crippen LogP contribution in [0, 0.1) is 56.7 Å². The van der Waals surface area contributed by atoms with Crippen molar-refractivity contribution in [2.24, 2.45) is 56.7 Å². The van der Waals surface area contributed by atoms with Gasteiger partial charge >= 0.3 is 0 Å². The number of hydrogen-bond donors (Lipinski definition) is 0. The second kappa shape index (κ2) is 9.51. The first-order valence-electron chi connectivity index (χ1n) is 16.3. The Bertz CT molecular complexity index is 1010. The van der Waals surface area contributed by atoms with Crippen LogP contribution in [0.5, 0.6) is 0 Å². The molecule has 0 radical (unpaired) electrons. The van der Waals surface area contributed by atoms with Gasteiger partial charge in [-0.2, -0.15) is 0 Å². The van der Waals surface area contributed by atoms with Gasteiger partial charge in [0.05, 0.1) is 6.61 Å². The van der Waals surface area contributed by atoms with Crippen LogP contribution in [0.25, 0.3) is 0 Å². The summed E-state index contributed by atoms with van der Waals surface area (Å²) in [6, 6.07) is 0. The van der Waals surface area contributed by atoms with E-state index in [2.05, 4.69) is 41.2 Å². The molecule has 39 heavy (non-hydrogen) atoms. The molecule has 6 fully saturated rings. The maximum atomic E-state index is 13.1. The van der Waals surface area contributed by atoms with Crippen molar-refractivity contribution in [2.75, 3.05) is 13.2 Å². The monoisotopic (exact) mass is 538 g/mol. The van der Waals surface area contributed by atoms with Crippen LogP contribution < -0.4 is 0 Å². The SMILES string of the molecule is C=C(C=O)[C@@H]1CC[C@]2(COC3CCCCO3)CC[C@]3(C)[C@H](CC[C@@H]4[C@@]5(C)CCC(=O)C(C)(C)[C@@H]5CC[C@]43C)[C@@H]12. The Balaban J connectivity index is 1.33. The fourth-order valence-corrected chi connectivity index (χ4v) is 12.4. The van der Waals surface area contributed by atoms with Crippen molar-refractivity contribution in [1.82, 2.24) is 0 Å². The lowest BCUT2D eigenvalue weighted by Crippen LogP contribution is -2.66. The van der Waals surface area contributed by atoms with Crippen LogP contribution in [0.4, 0.5) is 0 Å². The van der Waals surface area contributed by atoms with E-state index in [-0.39, 0.29) is 39.3 Å². The summed E-state index contributed by atoms with van der Waals surface area (Å²) in [5, 5.41) is 0. The first-order valence-corrected chi connectivity index (χ1v) is 16.3. The van der Waals surface area contributed by atoms with Gasteiger partial charge in [-0.15, -0.1) is 0 Å². The summed E-state index contributed by atoms with van der Waals surface area (Å²) >= 11 is 0. The summed E-state index contributed by atoms with van der Waals surface area (Å²) in [6.45, 7) is 18.2. The van der Waals surface area contributed by atoms with Crippen LogP contribution in [0.1, 0.15) is 118 Å². The van der Waals surface area contributed by atoms with Crippen LogP contribution in [0.15, 0.2) is 12.2 Å². The summed E-state index contributed by atoms with van der Waals surface area (Å²) in [4.78, 5) is 25.2. The number of Topliss-reactive ketones (excluding diaryl/α,β-unsaturated/α-hetero) is 1. The summed E-state index contributed by atoms with van der Waals surface area (Å²) < 4.78 is 12.6. The van der Waals surface area contributed by atoms with Crippen molar-refractivity contribution in [3.05, 3.63) is 12.2 Å². The Hall–Kier alpha value is -1.00. The topological polar surface area (TPSA) is 52.6 Å². The van der Waals surface area contributed by atoms with E-state index in [1.54, 1.807) is 0 Å². The smallest absolute Gasteiger partial charge is 0.157 e. The Labute approximate surface area is 237 Å². The molecule has 0 aromatic heterocycles. The van der Waals surface area contributed by atoms with Crippen molar-refractivity contribution in [2.45, 2.75) is 124 Å². The molecular formula is C35H54O4. The fourth-order valence-electron chi connectivity index (χ4n) is 12.4. The Morgan fingerprint density at radius 2 is 1.72 bits per heavy atom. The van der Waals surface area contributed by atoms with E-state index in [0.29, 0.717) is 29.5 Å². The van der Waals surface area contributed by atoms with E-state index in [0.717, 1.165) is 63.6 Å². The molecule has 4 nitrogen and oxygen atoms in total. The highest BCUT2D eigenvalue weighted by Gasteiger charge is 2.71. The zero-order valence-electron chi connectivity index (χ0n) is 25.5. The number of allylic oxidation sites excluding steroid dienone is 1. The van der Waals surface area contributed by atoms with Crippen molar-refractivity contribution in [3.63, 3.8) is 0 Å². The summed E-state index contributed by atoms with van der Waals surface area (Å²) in [5.41, 5.74) is 1.46. The molecule has 0 bridgehead atoms. The zero-order valence-corrected chi connectivity index (χ0v) is 25.5. The van der Waals surface area contributed by atoms with Crippen LogP contribution >= 0.6 is 0 Å². The lowest BCUT2D eigenvalue weighted by Gasteiger charge is -2.72. The van der Waals surface area contributed by atoms with Gasteiger partial charge in [-0.25, -0.2) is 0 Å². The van der Waals surface area contributed by atoms with Crippen molar-refractivity contribution >= 4 is 12.1 Å². The third-order valence-corrected chi connectivity index (χ3v) is 14.7. The highest BCUT2D eigenvalue weighted by Crippen LogP contribution is 2.77. The van der Waals surface area contributed by atoms with E-state index >= 15 is 0 Å². The van der Waals surface area contributed by atoms with Gasteiger partial charge in [0.1, 0.15) is 12.1 Å². The van der Waals surface area contributed by atoms with Crippen LogP contribution in [-0.4, -0.2) is 31.6 Å². The third kappa shape index (κ3) is 3.89. The molecule has 0 aromatic rings. The minimum absolute atomic E-state index is 0.0590. The van der Waals surface area contributed by atoms with Gasteiger partial charge < -0.3 is 9.47 Å². The second-order valence-corrected chi connectivity index (χ2v) is 16.1. The second-order valence-electron chi connectivity index (χ2n) is 16.1. The fraction of sp³-hybridized carbons (Fsp3) is 0.886. The molecule has 10 atom stereocenters. The number of fused-ring (bicyclic) bond motifs is 7. The van der Waals surface area contributed by atoms with Gasteiger partial charge in [-0.1, -0.05) is 41.2 Å². The number of aldehydes is 1. The Morgan fingerprint density at radius 3 is 2.44 bits per heavy atom. The molecule has 0 spiro atoms. The van der Waals surface area contributed by atoms with E-state index in [1.165, 1.54) is 44.9 Å². The van der Waals surface area contributed by atoms with E-state index < -0.39 is 0 Å².